The topological polar surface area (TPSA) is 64.6 Å². The van der Waals surface area contributed by atoms with E-state index in [4.69, 9.17) is 9.47 Å². The number of hydrogen-bond acceptors (Lipinski definition) is 4. The Kier molecular flexibility index (Phi) is 6.59. The first-order valence-electron chi connectivity index (χ1n) is 8.20. The van der Waals surface area contributed by atoms with Gasteiger partial charge in [0.15, 0.2) is 12.4 Å². The van der Waals surface area contributed by atoms with Crippen molar-refractivity contribution in [1.29, 1.82) is 0 Å². The number of methoxy groups -OCH3 is 1. The molecule has 0 heterocycles. The molecule has 126 valence electrons. The fourth-order valence-electron chi connectivity index (χ4n) is 2.80. The lowest BCUT2D eigenvalue weighted by molar-refractivity contribution is -0.124. The lowest BCUT2D eigenvalue weighted by Gasteiger charge is -2.28. The fourth-order valence-corrected chi connectivity index (χ4v) is 2.80. The van der Waals surface area contributed by atoms with E-state index in [9.17, 15) is 9.59 Å². The number of benzene rings is 1. The minimum absolute atomic E-state index is 0.00865. The molecular formula is C18H25NO4. The zero-order valence-corrected chi connectivity index (χ0v) is 13.8. The molecule has 1 saturated carbocycles. The predicted octanol–water partition coefficient (Wildman–Crippen LogP) is 2.73. The van der Waals surface area contributed by atoms with E-state index >= 15 is 0 Å². The maximum absolute atomic E-state index is 11.9. The Bertz CT molecular complexity index is 518. The van der Waals surface area contributed by atoms with E-state index in [1.165, 1.54) is 0 Å². The molecule has 5 heteroatoms. The summed E-state index contributed by atoms with van der Waals surface area (Å²) in [7, 11) is 1.73. The minimum Gasteiger partial charge on any atom is -0.484 e. The number of rotatable bonds is 7. The largest absolute Gasteiger partial charge is 0.484 e. The molecule has 1 N–H and O–H groups in total. The van der Waals surface area contributed by atoms with Crippen molar-refractivity contribution in [3.63, 3.8) is 0 Å². The Hall–Kier alpha value is -1.88. The van der Waals surface area contributed by atoms with Gasteiger partial charge in [0.1, 0.15) is 5.75 Å². The zero-order valence-electron chi connectivity index (χ0n) is 13.8. The van der Waals surface area contributed by atoms with Crippen LogP contribution in [0.1, 0.15) is 49.4 Å². The van der Waals surface area contributed by atoms with Crippen LogP contribution in [0, 0.1) is 0 Å². The molecule has 1 aliphatic rings. The second-order valence-corrected chi connectivity index (χ2v) is 5.87. The molecule has 2 rings (SSSR count). The molecule has 0 aromatic heterocycles. The quantitative estimate of drug-likeness (QED) is 0.785. The molecule has 1 aromatic rings. The van der Waals surface area contributed by atoms with Gasteiger partial charge < -0.3 is 14.8 Å². The number of amides is 1. The SMILES string of the molecule is CCC(=O)c1ccc(OCC(=O)NC2CCC(OC)CC2)cc1. The number of ether oxygens (including phenoxy) is 2. The molecule has 1 aliphatic carbocycles. The van der Waals surface area contributed by atoms with E-state index in [-0.39, 0.29) is 24.3 Å². The Morgan fingerprint density at radius 2 is 1.78 bits per heavy atom. The van der Waals surface area contributed by atoms with Crippen molar-refractivity contribution in [3.05, 3.63) is 29.8 Å². The first-order valence-corrected chi connectivity index (χ1v) is 8.20. The number of hydrogen-bond donors (Lipinski definition) is 1. The number of carbonyl (C=O) groups is 2. The normalized spacial score (nSPS) is 20.8. The number of carbonyl (C=O) groups excluding carboxylic acids is 2. The maximum Gasteiger partial charge on any atom is 0.258 e. The van der Waals surface area contributed by atoms with Crippen LogP contribution >= 0.6 is 0 Å². The van der Waals surface area contributed by atoms with Gasteiger partial charge in [-0.3, -0.25) is 9.59 Å². The summed E-state index contributed by atoms with van der Waals surface area (Å²) >= 11 is 0. The van der Waals surface area contributed by atoms with Gasteiger partial charge in [-0.2, -0.15) is 0 Å². The van der Waals surface area contributed by atoms with Gasteiger partial charge in [0.2, 0.25) is 0 Å². The van der Waals surface area contributed by atoms with E-state index in [1.807, 2.05) is 6.92 Å². The molecule has 0 spiro atoms. The Labute approximate surface area is 137 Å². The molecular weight excluding hydrogens is 294 g/mol. The standard InChI is InChI=1S/C18H25NO4/c1-3-17(20)13-4-8-16(9-5-13)23-12-18(21)19-14-6-10-15(22-2)11-7-14/h4-5,8-9,14-15H,3,6-7,10-12H2,1-2H3,(H,19,21). The van der Waals surface area contributed by atoms with Crippen molar-refractivity contribution in [2.24, 2.45) is 0 Å². The second-order valence-electron chi connectivity index (χ2n) is 5.87. The van der Waals surface area contributed by atoms with E-state index in [0.29, 0.717) is 23.8 Å². The summed E-state index contributed by atoms with van der Waals surface area (Å²) < 4.78 is 10.8. The van der Waals surface area contributed by atoms with Gasteiger partial charge in [-0.15, -0.1) is 0 Å². The molecule has 1 aromatic carbocycles. The van der Waals surface area contributed by atoms with Crippen LogP contribution in [0.15, 0.2) is 24.3 Å². The van der Waals surface area contributed by atoms with Crippen molar-refractivity contribution in [2.45, 2.75) is 51.2 Å². The molecule has 0 radical (unpaired) electrons. The number of ketones is 1. The molecule has 0 bridgehead atoms. The van der Waals surface area contributed by atoms with Gasteiger partial charge in [0.05, 0.1) is 6.10 Å². The van der Waals surface area contributed by atoms with Crippen LogP contribution in [-0.4, -0.2) is 37.6 Å². The van der Waals surface area contributed by atoms with Crippen LogP contribution in [0.25, 0.3) is 0 Å². The van der Waals surface area contributed by atoms with Crippen LogP contribution < -0.4 is 10.1 Å². The number of Topliss-reactive ketones (excluding diaryl/α,β-unsaturated/α-hetero) is 1. The molecule has 5 nitrogen and oxygen atoms in total. The Balaban J connectivity index is 1.73. The lowest BCUT2D eigenvalue weighted by Crippen LogP contribution is -2.41. The number of nitrogens with one attached hydrogen (secondary N) is 1. The molecule has 0 atom stereocenters. The van der Waals surface area contributed by atoms with E-state index < -0.39 is 0 Å². The van der Waals surface area contributed by atoms with Crippen molar-refractivity contribution < 1.29 is 19.1 Å². The summed E-state index contributed by atoms with van der Waals surface area (Å²) in [5.41, 5.74) is 0.666. The van der Waals surface area contributed by atoms with E-state index in [0.717, 1.165) is 25.7 Å². The third-order valence-electron chi connectivity index (χ3n) is 4.24. The monoisotopic (exact) mass is 319 g/mol. The van der Waals surface area contributed by atoms with Crippen LogP contribution in [-0.2, 0) is 9.53 Å². The maximum atomic E-state index is 11.9. The third kappa shape index (κ3) is 5.36. The molecule has 0 saturated heterocycles. The molecule has 1 fully saturated rings. The third-order valence-corrected chi connectivity index (χ3v) is 4.24. The summed E-state index contributed by atoms with van der Waals surface area (Å²) in [5.74, 6) is 0.580. The minimum atomic E-state index is -0.112. The highest BCUT2D eigenvalue weighted by Gasteiger charge is 2.22. The van der Waals surface area contributed by atoms with Crippen molar-refractivity contribution in [2.75, 3.05) is 13.7 Å². The first kappa shape index (κ1) is 17.5. The first-order chi connectivity index (χ1) is 11.1. The molecule has 1 amide bonds. The molecule has 0 aliphatic heterocycles. The lowest BCUT2D eigenvalue weighted by atomic mass is 9.93. The summed E-state index contributed by atoms with van der Waals surface area (Å²) in [6, 6.07) is 7.11. The van der Waals surface area contributed by atoms with E-state index in [1.54, 1.807) is 31.4 Å². The van der Waals surface area contributed by atoms with Crippen molar-refractivity contribution in [1.82, 2.24) is 5.32 Å². The zero-order chi connectivity index (χ0) is 16.7. The van der Waals surface area contributed by atoms with Gasteiger partial charge >= 0.3 is 0 Å². The summed E-state index contributed by atoms with van der Waals surface area (Å²) in [6.07, 6.45) is 4.65. The smallest absolute Gasteiger partial charge is 0.258 e. The second kappa shape index (κ2) is 8.67. The highest BCUT2D eigenvalue weighted by Crippen LogP contribution is 2.20. The highest BCUT2D eigenvalue weighted by atomic mass is 16.5. The van der Waals surface area contributed by atoms with Crippen LogP contribution in [0.3, 0.4) is 0 Å². The molecule has 23 heavy (non-hydrogen) atoms. The van der Waals surface area contributed by atoms with Gasteiger partial charge in [-0.05, 0) is 49.9 Å². The van der Waals surface area contributed by atoms with Crippen molar-refractivity contribution >= 4 is 11.7 Å². The van der Waals surface area contributed by atoms with Crippen LogP contribution in [0.2, 0.25) is 0 Å². The van der Waals surface area contributed by atoms with Crippen molar-refractivity contribution in [3.8, 4) is 5.75 Å². The van der Waals surface area contributed by atoms with Gasteiger partial charge in [0.25, 0.3) is 5.91 Å². The highest BCUT2D eigenvalue weighted by molar-refractivity contribution is 5.95. The predicted molar refractivity (Wildman–Crippen MR) is 87.8 cm³/mol. The summed E-state index contributed by atoms with van der Waals surface area (Å²) in [5, 5.41) is 3.00. The Morgan fingerprint density at radius 3 is 2.35 bits per heavy atom. The van der Waals surface area contributed by atoms with Crippen LogP contribution in [0.5, 0.6) is 5.75 Å². The fraction of sp³-hybridized carbons (Fsp3) is 0.556. The Morgan fingerprint density at radius 1 is 1.13 bits per heavy atom. The summed E-state index contributed by atoms with van der Waals surface area (Å²) in [6.45, 7) is 1.82. The van der Waals surface area contributed by atoms with E-state index in [2.05, 4.69) is 5.32 Å². The van der Waals surface area contributed by atoms with Crippen LogP contribution in [0.4, 0.5) is 0 Å². The van der Waals surface area contributed by atoms with Gasteiger partial charge in [0, 0.05) is 25.1 Å². The van der Waals surface area contributed by atoms with Gasteiger partial charge in [-0.25, -0.2) is 0 Å². The van der Waals surface area contributed by atoms with Gasteiger partial charge in [-0.1, -0.05) is 6.92 Å². The summed E-state index contributed by atoms with van der Waals surface area (Å²) in [4.78, 5) is 23.5. The average Bonchev–Trinajstić information content (AvgIpc) is 2.60. The molecule has 0 unspecified atom stereocenters. The average molecular weight is 319 g/mol.